The Kier molecular flexibility index (Phi) is 4.40. The lowest BCUT2D eigenvalue weighted by molar-refractivity contribution is 0.0937. The van der Waals surface area contributed by atoms with Crippen molar-refractivity contribution in [3.05, 3.63) is 47.0 Å². The zero-order valence-electron chi connectivity index (χ0n) is 13.7. The standard InChI is InChI=1S/C16H20N4O3S/c1-11(15-19-18-14-7-4-8-20(14)15)17-16(21)13-6-3-5-12(9-13)10-24(2,22)23/h3,5-6,9,11H,4,7-8,10H2,1-2H3,(H,17,21). The van der Waals surface area contributed by atoms with E-state index in [1.54, 1.807) is 24.3 Å². The molecule has 1 atom stereocenters. The molecule has 8 heteroatoms. The highest BCUT2D eigenvalue weighted by atomic mass is 32.2. The van der Waals surface area contributed by atoms with E-state index in [9.17, 15) is 13.2 Å². The summed E-state index contributed by atoms with van der Waals surface area (Å²) in [6.45, 7) is 2.75. The first-order valence-corrected chi connectivity index (χ1v) is 9.89. The fourth-order valence-electron chi connectivity index (χ4n) is 2.94. The molecule has 1 aromatic carbocycles. The van der Waals surface area contributed by atoms with Crippen LogP contribution in [0.2, 0.25) is 0 Å². The first kappa shape index (κ1) is 16.6. The highest BCUT2D eigenvalue weighted by Crippen LogP contribution is 2.19. The molecule has 2 aromatic rings. The van der Waals surface area contributed by atoms with Crippen molar-refractivity contribution in [2.45, 2.75) is 38.1 Å². The van der Waals surface area contributed by atoms with Crippen molar-refractivity contribution >= 4 is 15.7 Å². The minimum atomic E-state index is -3.14. The predicted molar refractivity (Wildman–Crippen MR) is 89.2 cm³/mol. The van der Waals surface area contributed by atoms with E-state index in [-0.39, 0.29) is 17.7 Å². The number of carbonyl (C=O) groups excluding carboxylic acids is 1. The van der Waals surface area contributed by atoms with Crippen LogP contribution in [0, 0.1) is 0 Å². The van der Waals surface area contributed by atoms with Gasteiger partial charge in [-0.25, -0.2) is 8.42 Å². The summed E-state index contributed by atoms with van der Waals surface area (Å²) in [4.78, 5) is 12.5. The first-order chi connectivity index (χ1) is 11.3. The number of benzene rings is 1. The molecule has 0 saturated carbocycles. The summed E-state index contributed by atoms with van der Waals surface area (Å²) in [6, 6.07) is 6.40. The van der Waals surface area contributed by atoms with Crippen molar-refractivity contribution < 1.29 is 13.2 Å². The number of hydrogen-bond acceptors (Lipinski definition) is 5. The van der Waals surface area contributed by atoms with Gasteiger partial charge in [0.15, 0.2) is 15.7 Å². The maximum absolute atomic E-state index is 12.5. The average molecular weight is 348 g/mol. The third-order valence-corrected chi connectivity index (χ3v) is 4.85. The van der Waals surface area contributed by atoms with Gasteiger partial charge in [-0.3, -0.25) is 4.79 Å². The Hall–Kier alpha value is -2.22. The number of aryl methyl sites for hydroxylation is 1. The highest BCUT2D eigenvalue weighted by molar-refractivity contribution is 7.89. The number of hydrogen-bond donors (Lipinski definition) is 1. The van der Waals surface area contributed by atoms with Crippen LogP contribution in [0.15, 0.2) is 24.3 Å². The molecule has 0 aliphatic carbocycles. The number of carbonyl (C=O) groups is 1. The maximum Gasteiger partial charge on any atom is 0.251 e. The quantitative estimate of drug-likeness (QED) is 0.878. The molecule has 0 bridgehead atoms. The summed E-state index contributed by atoms with van der Waals surface area (Å²) in [7, 11) is -3.14. The second-order valence-corrected chi connectivity index (χ2v) is 8.34. The Labute approximate surface area is 141 Å². The summed E-state index contributed by atoms with van der Waals surface area (Å²) in [5.41, 5.74) is 1.03. The van der Waals surface area contributed by atoms with Gasteiger partial charge >= 0.3 is 0 Å². The van der Waals surface area contributed by atoms with E-state index in [0.717, 1.165) is 31.0 Å². The summed E-state index contributed by atoms with van der Waals surface area (Å²) < 4.78 is 24.9. The van der Waals surface area contributed by atoms with Crippen LogP contribution >= 0.6 is 0 Å². The smallest absolute Gasteiger partial charge is 0.251 e. The Morgan fingerprint density at radius 3 is 2.92 bits per heavy atom. The zero-order valence-corrected chi connectivity index (χ0v) is 14.5. The minimum absolute atomic E-state index is 0.0820. The molecule has 24 heavy (non-hydrogen) atoms. The SMILES string of the molecule is CC(NC(=O)c1cccc(CS(C)(=O)=O)c1)c1nnc2n1CCC2. The number of nitrogens with zero attached hydrogens (tertiary/aromatic N) is 3. The molecule has 2 heterocycles. The normalized spacial score (nSPS) is 15.1. The first-order valence-electron chi connectivity index (χ1n) is 7.83. The lowest BCUT2D eigenvalue weighted by Crippen LogP contribution is -2.28. The Morgan fingerprint density at radius 2 is 2.17 bits per heavy atom. The second-order valence-electron chi connectivity index (χ2n) is 6.20. The van der Waals surface area contributed by atoms with Crippen molar-refractivity contribution in [1.82, 2.24) is 20.1 Å². The van der Waals surface area contributed by atoms with Crippen LogP contribution in [-0.4, -0.2) is 35.3 Å². The molecular weight excluding hydrogens is 328 g/mol. The summed E-state index contributed by atoms with van der Waals surface area (Å²) in [5.74, 6) is 1.37. The van der Waals surface area contributed by atoms with Gasteiger partial charge in [-0.05, 0) is 31.0 Å². The van der Waals surface area contributed by atoms with Crippen LogP contribution in [-0.2, 0) is 28.6 Å². The Bertz CT molecular complexity index is 873. The number of rotatable bonds is 5. The highest BCUT2D eigenvalue weighted by Gasteiger charge is 2.22. The monoisotopic (exact) mass is 348 g/mol. The lowest BCUT2D eigenvalue weighted by atomic mass is 10.1. The molecule has 0 radical (unpaired) electrons. The zero-order chi connectivity index (χ0) is 17.3. The summed E-state index contributed by atoms with van der Waals surface area (Å²) in [6.07, 6.45) is 3.14. The molecule has 1 N–H and O–H groups in total. The van der Waals surface area contributed by atoms with Crippen LogP contribution in [0.25, 0.3) is 0 Å². The summed E-state index contributed by atoms with van der Waals surface area (Å²) in [5, 5.41) is 11.2. The molecule has 0 saturated heterocycles. The van der Waals surface area contributed by atoms with Gasteiger partial charge < -0.3 is 9.88 Å². The van der Waals surface area contributed by atoms with Gasteiger partial charge in [0.25, 0.3) is 5.91 Å². The third kappa shape index (κ3) is 3.64. The van der Waals surface area contributed by atoms with E-state index < -0.39 is 9.84 Å². The third-order valence-electron chi connectivity index (χ3n) is 3.99. The lowest BCUT2D eigenvalue weighted by Gasteiger charge is -2.14. The minimum Gasteiger partial charge on any atom is -0.342 e. The Balaban J connectivity index is 1.73. The van der Waals surface area contributed by atoms with Crippen LogP contribution in [0.5, 0.6) is 0 Å². The van der Waals surface area contributed by atoms with Gasteiger partial charge in [0.05, 0.1) is 11.8 Å². The maximum atomic E-state index is 12.5. The molecule has 0 spiro atoms. The van der Waals surface area contributed by atoms with E-state index in [1.807, 2.05) is 11.5 Å². The molecule has 1 amide bonds. The fraction of sp³-hybridized carbons (Fsp3) is 0.438. The van der Waals surface area contributed by atoms with Crippen LogP contribution < -0.4 is 5.32 Å². The van der Waals surface area contributed by atoms with Gasteiger partial charge in [0, 0.05) is 24.8 Å². The van der Waals surface area contributed by atoms with Gasteiger partial charge in [-0.1, -0.05) is 12.1 Å². The molecule has 0 fully saturated rings. The topological polar surface area (TPSA) is 93.9 Å². The van der Waals surface area contributed by atoms with Crippen molar-refractivity contribution in [3.63, 3.8) is 0 Å². The largest absolute Gasteiger partial charge is 0.342 e. The molecule has 1 aliphatic rings. The number of amides is 1. The molecule has 1 aliphatic heterocycles. The second kappa shape index (κ2) is 6.35. The number of sulfone groups is 1. The number of nitrogens with one attached hydrogen (secondary N) is 1. The van der Waals surface area contributed by atoms with E-state index in [0.29, 0.717) is 11.1 Å². The van der Waals surface area contributed by atoms with Crippen molar-refractivity contribution in [2.24, 2.45) is 0 Å². The fourth-order valence-corrected chi connectivity index (χ4v) is 3.73. The van der Waals surface area contributed by atoms with Crippen LogP contribution in [0.1, 0.15) is 47.0 Å². The number of fused-ring (bicyclic) bond motifs is 1. The van der Waals surface area contributed by atoms with Crippen molar-refractivity contribution in [1.29, 1.82) is 0 Å². The van der Waals surface area contributed by atoms with Gasteiger partial charge in [-0.2, -0.15) is 0 Å². The van der Waals surface area contributed by atoms with E-state index in [4.69, 9.17) is 0 Å². The molecule has 7 nitrogen and oxygen atoms in total. The molecule has 3 rings (SSSR count). The molecular formula is C16H20N4O3S. The Morgan fingerprint density at radius 1 is 1.38 bits per heavy atom. The van der Waals surface area contributed by atoms with Gasteiger partial charge in [0.1, 0.15) is 5.82 Å². The van der Waals surface area contributed by atoms with E-state index in [2.05, 4.69) is 15.5 Å². The van der Waals surface area contributed by atoms with E-state index >= 15 is 0 Å². The molecule has 1 aromatic heterocycles. The molecule has 128 valence electrons. The predicted octanol–water partition coefficient (Wildman–Crippen LogP) is 1.26. The van der Waals surface area contributed by atoms with Gasteiger partial charge in [0.2, 0.25) is 0 Å². The van der Waals surface area contributed by atoms with E-state index in [1.165, 1.54) is 6.26 Å². The van der Waals surface area contributed by atoms with Crippen molar-refractivity contribution in [2.75, 3.05) is 6.26 Å². The van der Waals surface area contributed by atoms with Crippen LogP contribution in [0.3, 0.4) is 0 Å². The average Bonchev–Trinajstić information content (AvgIpc) is 3.08. The molecule has 1 unspecified atom stereocenters. The van der Waals surface area contributed by atoms with Gasteiger partial charge in [-0.15, -0.1) is 10.2 Å². The van der Waals surface area contributed by atoms with Crippen molar-refractivity contribution in [3.8, 4) is 0 Å². The number of aromatic nitrogens is 3. The summed E-state index contributed by atoms with van der Waals surface area (Å²) >= 11 is 0. The van der Waals surface area contributed by atoms with Crippen LogP contribution in [0.4, 0.5) is 0 Å².